The first-order valence-corrected chi connectivity index (χ1v) is 11.7. The smallest absolute Gasteiger partial charge is 0.247 e. The number of carbonyl (C=O) groups excluding carboxylic acids is 1. The van der Waals surface area contributed by atoms with Crippen molar-refractivity contribution in [3.63, 3.8) is 0 Å². The van der Waals surface area contributed by atoms with Crippen molar-refractivity contribution < 1.29 is 17.6 Å². The average Bonchev–Trinajstić information content (AvgIpc) is 3.29. The molecule has 0 aliphatic carbocycles. The van der Waals surface area contributed by atoms with E-state index in [-0.39, 0.29) is 39.9 Å². The van der Waals surface area contributed by atoms with Crippen molar-refractivity contribution >= 4 is 44.8 Å². The average molecular weight is 481 g/mol. The lowest BCUT2D eigenvalue weighted by Crippen LogP contribution is -2.41. The lowest BCUT2D eigenvalue weighted by Gasteiger charge is -2.31. The Morgan fingerprint density at radius 1 is 1.10 bits per heavy atom. The lowest BCUT2D eigenvalue weighted by molar-refractivity contribution is -0.120. The highest BCUT2D eigenvalue weighted by Crippen LogP contribution is 2.33. The van der Waals surface area contributed by atoms with Crippen LogP contribution in [0.2, 0.25) is 10.0 Å². The van der Waals surface area contributed by atoms with Gasteiger partial charge in [0.15, 0.2) is 0 Å². The second-order valence-electron chi connectivity index (χ2n) is 7.04. The minimum Gasteiger partial charge on any atom is -0.423 e. The molecule has 1 saturated heterocycles. The normalized spacial score (nSPS) is 15.7. The van der Waals surface area contributed by atoms with Crippen LogP contribution in [-0.2, 0) is 14.8 Å². The molecule has 2 heterocycles. The van der Waals surface area contributed by atoms with Crippen LogP contribution in [0.4, 0.5) is 5.69 Å². The number of anilines is 1. The van der Waals surface area contributed by atoms with Crippen molar-refractivity contribution in [1.82, 2.24) is 14.5 Å². The number of halogens is 2. The van der Waals surface area contributed by atoms with E-state index in [2.05, 4.69) is 15.5 Å². The second-order valence-corrected chi connectivity index (χ2v) is 9.73. The summed E-state index contributed by atoms with van der Waals surface area (Å²) in [5.74, 6) is -0.136. The standard InChI is InChI=1S/C20H18Cl2N4O4S/c21-16-5-2-6-17(22)18(16)31(28,29)26-9-7-13(8-10-26)19(27)24-15-4-1-3-14(11-15)20-25-23-12-30-20/h1-6,11-13H,7-10H2,(H,24,27). The molecule has 1 aromatic heterocycles. The summed E-state index contributed by atoms with van der Waals surface area (Å²) >= 11 is 12.2. The van der Waals surface area contributed by atoms with E-state index in [0.29, 0.717) is 30.0 Å². The molecule has 0 atom stereocenters. The van der Waals surface area contributed by atoms with Gasteiger partial charge in [-0.25, -0.2) is 8.42 Å². The third-order valence-electron chi connectivity index (χ3n) is 5.08. The Morgan fingerprint density at radius 2 is 1.77 bits per heavy atom. The van der Waals surface area contributed by atoms with Crippen molar-refractivity contribution in [2.75, 3.05) is 18.4 Å². The summed E-state index contributed by atoms with van der Waals surface area (Å²) in [5, 5.41) is 10.5. The van der Waals surface area contributed by atoms with Crippen molar-refractivity contribution in [3.05, 3.63) is 58.9 Å². The van der Waals surface area contributed by atoms with E-state index in [4.69, 9.17) is 27.6 Å². The molecule has 2 aromatic carbocycles. The molecule has 162 valence electrons. The largest absolute Gasteiger partial charge is 0.423 e. The van der Waals surface area contributed by atoms with Gasteiger partial charge in [0.25, 0.3) is 0 Å². The minimum atomic E-state index is -3.85. The maximum atomic E-state index is 13.0. The Kier molecular flexibility index (Phi) is 6.29. The van der Waals surface area contributed by atoms with Crippen LogP contribution in [-0.4, -0.2) is 41.9 Å². The molecular weight excluding hydrogens is 463 g/mol. The van der Waals surface area contributed by atoms with Crippen molar-refractivity contribution in [2.45, 2.75) is 17.7 Å². The van der Waals surface area contributed by atoms with E-state index in [1.54, 1.807) is 30.3 Å². The number of sulfonamides is 1. The first kappa shape index (κ1) is 21.8. The summed E-state index contributed by atoms with van der Waals surface area (Å²) in [7, 11) is -3.85. The number of amides is 1. The van der Waals surface area contributed by atoms with E-state index >= 15 is 0 Å². The van der Waals surface area contributed by atoms with Crippen LogP contribution in [0.5, 0.6) is 0 Å². The number of nitrogens with zero attached hydrogens (tertiary/aromatic N) is 3. The van der Waals surface area contributed by atoms with Crippen LogP contribution >= 0.6 is 23.2 Å². The maximum Gasteiger partial charge on any atom is 0.247 e. The molecule has 0 radical (unpaired) electrons. The van der Waals surface area contributed by atoms with Gasteiger partial charge in [0.2, 0.25) is 28.2 Å². The van der Waals surface area contributed by atoms with Gasteiger partial charge in [-0.2, -0.15) is 4.31 Å². The molecule has 0 unspecified atom stereocenters. The monoisotopic (exact) mass is 480 g/mol. The van der Waals surface area contributed by atoms with Crippen LogP contribution in [0.15, 0.2) is 58.2 Å². The molecule has 1 N–H and O–H groups in total. The quantitative estimate of drug-likeness (QED) is 0.589. The highest BCUT2D eigenvalue weighted by Gasteiger charge is 2.34. The summed E-state index contributed by atoms with van der Waals surface area (Å²) in [6, 6.07) is 11.6. The number of piperidine rings is 1. The second kappa shape index (κ2) is 8.96. The van der Waals surface area contributed by atoms with Gasteiger partial charge in [0.1, 0.15) is 4.90 Å². The number of nitrogens with one attached hydrogen (secondary N) is 1. The highest BCUT2D eigenvalue weighted by molar-refractivity contribution is 7.89. The topological polar surface area (TPSA) is 105 Å². The Labute approximate surface area is 189 Å². The fraction of sp³-hybridized carbons (Fsp3) is 0.250. The Bertz CT molecular complexity index is 1170. The Hall–Kier alpha value is -2.46. The van der Waals surface area contributed by atoms with Crippen LogP contribution < -0.4 is 5.32 Å². The van der Waals surface area contributed by atoms with Gasteiger partial charge < -0.3 is 9.73 Å². The molecule has 1 aliphatic heterocycles. The van der Waals surface area contributed by atoms with Gasteiger partial charge in [-0.15, -0.1) is 10.2 Å². The predicted molar refractivity (Wildman–Crippen MR) is 116 cm³/mol. The van der Waals surface area contributed by atoms with Gasteiger partial charge in [0, 0.05) is 30.3 Å². The molecule has 3 aromatic rings. The van der Waals surface area contributed by atoms with Crippen molar-refractivity contribution in [3.8, 4) is 11.5 Å². The Morgan fingerprint density at radius 3 is 2.42 bits per heavy atom. The molecule has 1 amide bonds. The Balaban J connectivity index is 1.41. The molecule has 1 aliphatic rings. The van der Waals surface area contributed by atoms with E-state index < -0.39 is 10.0 Å². The number of rotatable bonds is 5. The molecular formula is C20H18Cl2N4O4S. The van der Waals surface area contributed by atoms with E-state index in [9.17, 15) is 13.2 Å². The third-order valence-corrected chi connectivity index (χ3v) is 7.93. The first-order valence-electron chi connectivity index (χ1n) is 9.48. The van der Waals surface area contributed by atoms with Crippen LogP contribution in [0, 0.1) is 5.92 Å². The molecule has 0 saturated carbocycles. The number of carbonyl (C=O) groups is 1. The fourth-order valence-corrected chi connectivity index (χ4v) is 6.05. The van der Waals surface area contributed by atoms with Crippen molar-refractivity contribution in [1.29, 1.82) is 0 Å². The number of hydrogen-bond acceptors (Lipinski definition) is 6. The van der Waals surface area contributed by atoms with Crippen LogP contribution in [0.25, 0.3) is 11.5 Å². The molecule has 31 heavy (non-hydrogen) atoms. The fourth-order valence-electron chi connectivity index (χ4n) is 3.49. The lowest BCUT2D eigenvalue weighted by atomic mass is 9.97. The molecule has 0 bridgehead atoms. The zero-order valence-corrected chi connectivity index (χ0v) is 18.5. The number of hydrogen-bond donors (Lipinski definition) is 1. The highest BCUT2D eigenvalue weighted by atomic mass is 35.5. The number of benzene rings is 2. The van der Waals surface area contributed by atoms with Gasteiger partial charge in [-0.1, -0.05) is 35.3 Å². The molecule has 0 spiro atoms. The van der Waals surface area contributed by atoms with Gasteiger partial charge in [-0.05, 0) is 43.2 Å². The van der Waals surface area contributed by atoms with Crippen molar-refractivity contribution in [2.24, 2.45) is 5.92 Å². The minimum absolute atomic E-state index is 0.0773. The molecule has 8 nitrogen and oxygen atoms in total. The summed E-state index contributed by atoms with van der Waals surface area (Å²) in [6.07, 6.45) is 2.01. The van der Waals surface area contributed by atoms with E-state index in [1.165, 1.54) is 22.8 Å². The summed E-state index contributed by atoms with van der Waals surface area (Å²) < 4.78 is 32.5. The maximum absolute atomic E-state index is 13.0. The molecule has 11 heteroatoms. The number of aromatic nitrogens is 2. The SMILES string of the molecule is O=C(Nc1cccc(-c2nnco2)c1)C1CCN(S(=O)(=O)c2c(Cl)cccc2Cl)CC1. The molecule has 1 fully saturated rings. The van der Waals surface area contributed by atoms with E-state index in [1.807, 2.05) is 0 Å². The van der Waals surface area contributed by atoms with Gasteiger partial charge in [-0.3, -0.25) is 4.79 Å². The zero-order valence-electron chi connectivity index (χ0n) is 16.2. The van der Waals surface area contributed by atoms with Crippen LogP contribution in [0.1, 0.15) is 12.8 Å². The zero-order chi connectivity index (χ0) is 22.0. The summed E-state index contributed by atoms with van der Waals surface area (Å²) in [5.41, 5.74) is 1.28. The van der Waals surface area contributed by atoms with Gasteiger partial charge >= 0.3 is 0 Å². The van der Waals surface area contributed by atoms with E-state index in [0.717, 1.165) is 0 Å². The summed E-state index contributed by atoms with van der Waals surface area (Å²) in [4.78, 5) is 12.6. The first-order chi connectivity index (χ1) is 14.9. The third kappa shape index (κ3) is 4.59. The summed E-state index contributed by atoms with van der Waals surface area (Å²) in [6.45, 7) is 0.397. The molecule has 4 rings (SSSR count). The van der Waals surface area contributed by atoms with Gasteiger partial charge in [0.05, 0.1) is 10.0 Å². The van der Waals surface area contributed by atoms with Crippen LogP contribution in [0.3, 0.4) is 0 Å². The predicted octanol–water partition coefficient (Wildman–Crippen LogP) is 4.08.